The molecule has 0 aromatic heterocycles. The van der Waals surface area contributed by atoms with Gasteiger partial charge in [-0.05, 0) is 28.7 Å². The Balaban J connectivity index is 2.25. The normalized spacial score (nSPS) is 12.6. The van der Waals surface area contributed by atoms with Gasteiger partial charge in [0.1, 0.15) is 0 Å². The number of hydrogen-bond acceptors (Lipinski definition) is 2. The second-order valence-corrected chi connectivity index (χ2v) is 7.24. The molecule has 1 amide bonds. The quantitative estimate of drug-likeness (QED) is 0.790. The number of benzene rings is 2. The lowest BCUT2D eigenvalue weighted by Crippen LogP contribution is -2.37. The lowest BCUT2D eigenvalue weighted by molar-refractivity contribution is 0.128. The summed E-state index contributed by atoms with van der Waals surface area (Å²) in [6, 6.07) is 17.5. The molecule has 2 aromatic carbocycles. The fraction of sp³-hybridized carbons (Fsp3) is 0.350. The molecule has 0 aliphatic heterocycles. The molecule has 4 heteroatoms. The van der Waals surface area contributed by atoms with Gasteiger partial charge in [-0.15, -0.1) is 0 Å². The Hall–Kier alpha value is -2.49. The van der Waals surface area contributed by atoms with E-state index in [1.54, 1.807) is 6.07 Å². The van der Waals surface area contributed by atoms with E-state index in [2.05, 4.69) is 32.9 Å². The molecule has 0 heterocycles. The molecule has 1 unspecified atom stereocenters. The molecule has 0 fully saturated rings. The third kappa shape index (κ3) is 4.75. The number of rotatable bonds is 5. The zero-order valence-electron chi connectivity index (χ0n) is 14.6. The average molecular weight is 326 g/mol. The highest BCUT2D eigenvalue weighted by Crippen LogP contribution is 2.36. The third-order valence-electron chi connectivity index (χ3n) is 4.25. The maximum Gasteiger partial charge on any atom is 0.407 e. The van der Waals surface area contributed by atoms with E-state index in [4.69, 9.17) is 5.73 Å². The summed E-state index contributed by atoms with van der Waals surface area (Å²) in [6.45, 7) is 7.21. The van der Waals surface area contributed by atoms with E-state index in [0.717, 1.165) is 11.1 Å². The van der Waals surface area contributed by atoms with Crippen molar-refractivity contribution in [3.8, 4) is 0 Å². The van der Waals surface area contributed by atoms with Gasteiger partial charge in [-0.2, -0.15) is 0 Å². The van der Waals surface area contributed by atoms with Crippen LogP contribution in [0.5, 0.6) is 0 Å². The smallest absolute Gasteiger partial charge is 0.407 e. The molecule has 4 nitrogen and oxygen atoms in total. The molecule has 0 aliphatic carbocycles. The van der Waals surface area contributed by atoms with Crippen molar-refractivity contribution < 1.29 is 9.90 Å². The van der Waals surface area contributed by atoms with E-state index >= 15 is 0 Å². The summed E-state index contributed by atoms with van der Waals surface area (Å²) in [5.74, 6) is 0.107. The van der Waals surface area contributed by atoms with Crippen molar-refractivity contribution in [1.29, 1.82) is 0 Å². The van der Waals surface area contributed by atoms with Gasteiger partial charge < -0.3 is 15.7 Å². The van der Waals surface area contributed by atoms with Gasteiger partial charge in [0.25, 0.3) is 0 Å². The van der Waals surface area contributed by atoms with Gasteiger partial charge >= 0.3 is 6.09 Å². The first-order chi connectivity index (χ1) is 11.3. The molecule has 0 radical (unpaired) electrons. The van der Waals surface area contributed by atoms with Gasteiger partial charge in [0.05, 0.1) is 0 Å². The first kappa shape index (κ1) is 17.9. The molecule has 24 heavy (non-hydrogen) atoms. The fourth-order valence-corrected chi connectivity index (χ4v) is 2.91. The minimum absolute atomic E-state index is 0.0508. The zero-order valence-corrected chi connectivity index (χ0v) is 14.6. The standard InChI is InChI=1S/C20H26N2O2/c1-20(2,3)18(16-9-5-4-6-10-16)14-22(19(23)24)13-15-8-7-11-17(21)12-15/h4-12,18H,13-14,21H2,1-3H3,(H,23,24). The summed E-state index contributed by atoms with van der Waals surface area (Å²) >= 11 is 0. The SMILES string of the molecule is CC(C)(C)C(CN(Cc1cccc(N)c1)C(=O)O)c1ccccc1. The second-order valence-electron chi connectivity index (χ2n) is 7.24. The third-order valence-corrected chi connectivity index (χ3v) is 4.25. The van der Waals surface area contributed by atoms with Crippen LogP contribution in [0.4, 0.5) is 10.5 Å². The molecule has 0 spiro atoms. The van der Waals surface area contributed by atoms with Crippen molar-refractivity contribution in [2.75, 3.05) is 12.3 Å². The maximum atomic E-state index is 11.8. The van der Waals surface area contributed by atoms with Crippen LogP contribution in [0.1, 0.15) is 37.8 Å². The molecule has 0 bridgehead atoms. The predicted molar refractivity (Wildman–Crippen MR) is 97.9 cm³/mol. The number of nitrogens with two attached hydrogens (primary N) is 1. The highest BCUT2D eigenvalue weighted by Gasteiger charge is 2.29. The molecule has 128 valence electrons. The van der Waals surface area contributed by atoms with Crippen LogP contribution >= 0.6 is 0 Å². The minimum Gasteiger partial charge on any atom is -0.465 e. The van der Waals surface area contributed by atoms with E-state index < -0.39 is 6.09 Å². The number of nitrogens with zero attached hydrogens (tertiary/aromatic N) is 1. The Labute approximate surface area is 143 Å². The Morgan fingerprint density at radius 1 is 1.12 bits per heavy atom. The highest BCUT2D eigenvalue weighted by molar-refractivity contribution is 5.65. The Morgan fingerprint density at radius 3 is 2.33 bits per heavy atom. The van der Waals surface area contributed by atoms with Crippen LogP contribution in [0.2, 0.25) is 0 Å². The van der Waals surface area contributed by atoms with Crippen molar-refractivity contribution >= 4 is 11.8 Å². The number of carbonyl (C=O) groups is 1. The van der Waals surface area contributed by atoms with Gasteiger partial charge in [-0.3, -0.25) is 0 Å². The van der Waals surface area contributed by atoms with Crippen LogP contribution in [0.25, 0.3) is 0 Å². The van der Waals surface area contributed by atoms with Crippen LogP contribution in [-0.4, -0.2) is 22.6 Å². The van der Waals surface area contributed by atoms with Gasteiger partial charge in [0.15, 0.2) is 0 Å². The highest BCUT2D eigenvalue weighted by atomic mass is 16.4. The summed E-state index contributed by atoms with van der Waals surface area (Å²) in [5, 5.41) is 9.66. The second kappa shape index (κ2) is 7.39. The summed E-state index contributed by atoms with van der Waals surface area (Å²) in [7, 11) is 0. The maximum absolute atomic E-state index is 11.8. The molecule has 3 N–H and O–H groups in total. The molecule has 2 rings (SSSR count). The number of anilines is 1. The molecule has 2 aromatic rings. The summed E-state index contributed by atoms with van der Waals surface area (Å²) in [4.78, 5) is 13.2. The largest absolute Gasteiger partial charge is 0.465 e. The molecular weight excluding hydrogens is 300 g/mol. The Bertz CT molecular complexity index is 678. The van der Waals surface area contributed by atoms with Crippen LogP contribution in [0.15, 0.2) is 54.6 Å². The monoisotopic (exact) mass is 326 g/mol. The number of nitrogen functional groups attached to an aromatic ring is 1. The first-order valence-electron chi connectivity index (χ1n) is 8.14. The number of carboxylic acid groups (broad SMARTS) is 1. The van der Waals surface area contributed by atoms with E-state index in [9.17, 15) is 9.90 Å². The summed E-state index contributed by atoms with van der Waals surface area (Å²) in [6.07, 6.45) is -0.914. The summed E-state index contributed by atoms with van der Waals surface area (Å²) < 4.78 is 0. The lowest BCUT2D eigenvalue weighted by Gasteiger charge is -2.35. The van der Waals surface area contributed by atoms with E-state index in [1.807, 2.05) is 36.4 Å². The first-order valence-corrected chi connectivity index (χ1v) is 8.14. The van der Waals surface area contributed by atoms with Crippen LogP contribution in [0.3, 0.4) is 0 Å². The Morgan fingerprint density at radius 2 is 1.79 bits per heavy atom. The van der Waals surface area contributed by atoms with Crippen LogP contribution < -0.4 is 5.73 Å². The van der Waals surface area contributed by atoms with Crippen LogP contribution in [-0.2, 0) is 6.54 Å². The predicted octanol–water partition coefficient (Wildman–Crippen LogP) is 4.58. The summed E-state index contributed by atoms with van der Waals surface area (Å²) in [5.41, 5.74) is 8.46. The van der Waals surface area contributed by atoms with Gasteiger partial charge in [0, 0.05) is 24.7 Å². The van der Waals surface area contributed by atoms with Gasteiger partial charge in [-0.25, -0.2) is 4.79 Å². The fourth-order valence-electron chi connectivity index (χ4n) is 2.91. The molecule has 0 saturated heterocycles. The van der Waals surface area contributed by atoms with Gasteiger partial charge in [0.2, 0.25) is 0 Å². The zero-order chi connectivity index (χ0) is 17.7. The van der Waals surface area contributed by atoms with E-state index in [0.29, 0.717) is 18.8 Å². The van der Waals surface area contributed by atoms with E-state index in [-0.39, 0.29) is 11.3 Å². The van der Waals surface area contributed by atoms with Crippen molar-refractivity contribution in [3.05, 3.63) is 65.7 Å². The molecule has 0 aliphatic rings. The van der Waals surface area contributed by atoms with Crippen molar-refractivity contribution in [2.24, 2.45) is 5.41 Å². The van der Waals surface area contributed by atoms with Crippen molar-refractivity contribution in [3.63, 3.8) is 0 Å². The van der Waals surface area contributed by atoms with Crippen molar-refractivity contribution in [2.45, 2.75) is 33.2 Å². The number of amides is 1. The van der Waals surface area contributed by atoms with E-state index in [1.165, 1.54) is 4.90 Å². The topological polar surface area (TPSA) is 66.6 Å². The molecule has 0 saturated carbocycles. The average Bonchev–Trinajstić information content (AvgIpc) is 2.50. The lowest BCUT2D eigenvalue weighted by atomic mass is 9.76. The minimum atomic E-state index is -0.914. The number of hydrogen-bond donors (Lipinski definition) is 2. The van der Waals surface area contributed by atoms with Crippen molar-refractivity contribution in [1.82, 2.24) is 4.90 Å². The molecule has 1 atom stereocenters. The van der Waals surface area contributed by atoms with Gasteiger partial charge in [-0.1, -0.05) is 63.2 Å². The molecular formula is C20H26N2O2. The van der Waals surface area contributed by atoms with Crippen LogP contribution in [0, 0.1) is 5.41 Å². The Kier molecular flexibility index (Phi) is 5.50.